The maximum atomic E-state index is 4.19. The minimum absolute atomic E-state index is 0.955. The standard InChI is InChI=1S/C15H27N3/c1-3-18-12-17-11-15(18)10-16-9-8-14-6-4-13(2)5-7-14/h11-14,16H,3-10H2,1-2H3. The van der Waals surface area contributed by atoms with Gasteiger partial charge in [-0.25, -0.2) is 4.98 Å². The molecule has 1 fully saturated rings. The Hall–Kier alpha value is -0.830. The predicted octanol–water partition coefficient (Wildman–Crippen LogP) is 3.21. The van der Waals surface area contributed by atoms with Crippen molar-refractivity contribution in [2.45, 2.75) is 59.0 Å². The molecule has 1 heterocycles. The van der Waals surface area contributed by atoms with Crippen molar-refractivity contribution >= 4 is 0 Å². The Bertz CT molecular complexity index is 337. The molecule has 1 aliphatic rings. The van der Waals surface area contributed by atoms with Gasteiger partial charge in [0.1, 0.15) is 0 Å². The molecule has 1 N–H and O–H groups in total. The third-order valence-electron chi connectivity index (χ3n) is 4.31. The van der Waals surface area contributed by atoms with Gasteiger partial charge >= 0.3 is 0 Å². The molecule has 3 nitrogen and oxygen atoms in total. The fourth-order valence-corrected chi connectivity index (χ4v) is 2.92. The number of nitrogens with one attached hydrogen (secondary N) is 1. The zero-order chi connectivity index (χ0) is 12.8. The lowest BCUT2D eigenvalue weighted by Gasteiger charge is -2.26. The first-order chi connectivity index (χ1) is 8.79. The Morgan fingerprint density at radius 2 is 2.11 bits per heavy atom. The van der Waals surface area contributed by atoms with Gasteiger partial charge in [0.15, 0.2) is 0 Å². The van der Waals surface area contributed by atoms with Crippen molar-refractivity contribution < 1.29 is 0 Å². The predicted molar refractivity (Wildman–Crippen MR) is 75.3 cm³/mol. The SMILES string of the molecule is CCn1cncc1CNCCC1CCC(C)CC1. The number of hydrogen-bond donors (Lipinski definition) is 1. The molecule has 0 aromatic carbocycles. The molecule has 102 valence electrons. The molecular formula is C15H27N3. The largest absolute Gasteiger partial charge is 0.334 e. The number of hydrogen-bond acceptors (Lipinski definition) is 2. The van der Waals surface area contributed by atoms with Gasteiger partial charge in [-0.15, -0.1) is 0 Å². The Morgan fingerprint density at radius 3 is 2.83 bits per heavy atom. The molecule has 0 aliphatic heterocycles. The highest BCUT2D eigenvalue weighted by molar-refractivity contribution is 4.97. The lowest BCUT2D eigenvalue weighted by Crippen LogP contribution is -2.21. The molecule has 0 amide bonds. The van der Waals surface area contributed by atoms with E-state index in [4.69, 9.17) is 0 Å². The molecule has 0 atom stereocenters. The first-order valence-electron chi connectivity index (χ1n) is 7.49. The maximum absolute atomic E-state index is 4.19. The zero-order valence-electron chi connectivity index (χ0n) is 11.9. The van der Waals surface area contributed by atoms with Gasteiger partial charge in [0, 0.05) is 19.3 Å². The van der Waals surface area contributed by atoms with Gasteiger partial charge in [-0.1, -0.05) is 32.6 Å². The normalized spacial score (nSPS) is 24.3. The van der Waals surface area contributed by atoms with Crippen molar-refractivity contribution in [2.24, 2.45) is 11.8 Å². The summed E-state index contributed by atoms with van der Waals surface area (Å²) in [6.45, 7) is 7.66. The zero-order valence-corrected chi connectivity index (χ0v) is 11.9. The summed E-state index contributed by atoms with van der Waals surface area (Å²) in [6, 6.07) is 0. The van der Waals surface area contributed by atoms with Gasteiger partial charge in [-0.2, -0.15) is 0 Å². The average molecular weight is 249 g/mol. The summed E-state index contributed by atoms with van der Waals surface area (Å²) >= 11 is 0. The van der Waals surface area contributed by atoms with Crippen LogP contribution < -0.4 is 5.32 Å². The van der Waals surface area contributed by atoms with E-state index < -0.39 is 0 Å². The van der Waals surface area contributed by atoms with E-state index in [1.54, 1.807) is 0 Å². The van der Waals surface area contributed by atoms with Crippen LogP contribution in [-0.2, 0) is 13.1 Å². The lowest BCUT2D eigenvalue weighted by molar-refractivity contribution is 0.275. The average Bonchev–Trinajstić information content (AvgIpc) is 2.84. The monoisotopic (exact) mass is 249 g/mol. The van der Waals surface area contributed by atoms with Crippen molar-refractivity contribution in [3.05, 3.63) is 18.2 Å². The molecule has 1 saturated carbocycles. The van der Waals surface area contributed by atoms with Crippen LogP contribution >= 0.6 is 0 Å². The number of nitrogens with zero attached hydrogens (tertiary/aromatic N) is 2. The number of imidazole rings is 1. The van der Waals surface area contributed by atoms with Crippen molar-refractivity contribution in [1.29, 1.82) is 0 Å². The van der Waals surface area contributed by atoms with Crippen molar-refractivity contribution in [3.63, 3.8) is 0 Å². The molecule has 1 aliphatic carbocycles. The molecule has 0 saturated heterocycles. The highest BCUT2D eigenvalue weighted by Gasteiger charge is 2.17. The summed E-state index contributed by atoms with van der Waals surface area (Å²) in [7, 11) is 0. The van der Waals surface area contributed by atoms with Crippen LogP contribution in [0, 0.1) is 11.8 Å². The fraction of sp³-hybridized carbons (Fsp3) is 0.800. The van der Waals surface area contributed by atoms with E-state index in [0.29, 0.717) is 0 Å². The van der Waals surface area contributed by atoms with E-state index >= 15 is 0 Å². The number of rotatable bonds is 6. The quantitative estimate of drug-likeness (QED) is 0.785. The molecule has 1 aromatic heterocycles. The number of aryl methyl sites for hydroxylation is 1. The first-order valence-corrected chi connectivity index (χ1v) is 7.49. The van der Waals surface area contributed by atoms with Gasteiger partial charge in [0.25, 0.3) is 0 Å². The molecule has 0 radical (unpaired) electrons. The minimum atomic E-state index is 0.955. The topological polar surface area (TPSA) is 29.9 Å². The smallest absolute Gasteiger partial charge is 0.0948 e. The minimum Gasteiger partial charge on any atom is -0.334 e. The van der Waals surface area contributed by atoms with E-state index in [9.17, 15) is 0 Å². The fourth-order valence-electron chi connectivity index (χ4n) is 2.92. The molecule has 3 heteroatoms. The van der Waals surface area contributed by atoms with Crippen LogP contribution in [0.4, 0.5) is 0 Å². The highest BCUT2D eigenvalue weighted by Crippen LogP contribution is 2.29. The third kappa shape index (κ3) is 3.84. The second-order valence-electron chi connectivity index (χ2n) is 5.76. The summed E-state index contributed by atoms with van der Waals surface area (Å²) in [5, 5.41) is 3.56. The van der Waals surface area contributed by atoms with Crippen LogP contribution in [0.25, 0.3) is 0 Å². The van der Waals surface area contributed by atoms with E-state index in [2.05, 4.69) is 28.7 Å². The summed E-state index contributed by atoms with van der Waals surface area (Å²) < 4.78 is 2.20. The van der Waals surface area contributed by atoms with E-state index in [1.165, 1.54) is 37.8 Å². The second-order valence-corrected chi connectivity index (χ2v) is 5.76. The number of aromatic nitrogens is 2. The van der Waals surface area contributed by atoms with Crippen LogP contribution in [0.3, 0.4) is 0 Å². The Kier molecular flexibility index (Phi) is 5.24. The molecule has 18 heavy (non-hydrogen) atoms. The summed E-state index contributed by atoms with van der Waals surface area (Å²) in [5.41, 5.74) is 1.30. The van der Waals surface area contributed by atoms with Crippen LogP contribution in [0.5, 0.6) is 0 Å². The summed E-state index contributed by atoms with van der Waals surface area (Å²) in [5.74, 6) is 1.93. The van der Waals surface area contributed by atoms with E-state index in [1.807, 2.05) is 12.5 Å². The van der Waals surface area contributed by atoms with Crippen LogP contribution in [0.15, 0.2) is 12.5 Å². The molecular weight excluding hydrogens is 222 g/mol. The van der Waals surface area contributed by atoms with E-state index in [0.717, 1.165) is 31.5 Å². The van der Waals surface area contributed by atoms with Crippen LogP contribution in [0.1, 0.15) is 51.6 Å². The molecule has 0 bridgehead atoms. The summed E-state index contributed by atoms with van der Waals surface area (Å²) in [4.78, 5) is 4.19. The van der Waals surface area contributed by atoms with Gasteiger partial charge in [0.2, 0.25) is 0 Å². The first kappa shape index (κ1) is 13.6. The van der Waals surface area contributed by atoms with Crippen molar-refractivity contribution in [1.82, 2.24) is 14.9 Å². The van der Waals surface area contributed by atoms with Gasteiger partial charge < -0.3 is 9.88 Å². The highest BCUT2D eigenvalue weighted by atomic mass is 15.1. The molecule has 2 rings (SSSR count). The van der Waals surface area contributed by atoms with Gasteiger partial charge in [-0.05, 0) is 31.7 Å². The van der Waals surface area contributed by atoms with E-state index in [-0.39, 0.29) is 0 Å². The third-order valence-corrected chi connectivity index (χ3v) is 4.31. The maximum Gasteiger partial charge on any atom is 0.0948 e. The Labute approximate surface area is 111 Å². The van der Waals surface area contributed by atoms with Gasteiger partial charge in [0.05, 0.1) is 12.0 Å². The molecule has 0 spiro atoms. The van der Waals surface area contributed by atoms with Crippen LogP contribution in [0.2, 0.25) is 0 Å². The molecule has 1 aromatic rings. The molecule has 0 unspecified atom stereocenters. The summed E-state index contributed by atoms with van der Waals surface area (Å²) in [6.07, 6.45) is 11.0. The van der Waals surface area contributed by atoms with Crippen LogP contribution in [-0.4, -0.2) is 16.1 Å². The van der Waals surface area contributed by atoms with Crippen molar-refractivity contribution in [3.8, 4) is 0 Å². The Morgan fingerprint density at radius 1 is 1.33 bits per heavy atom. The Balaban J connectivity index is 1.61. The lowest BCUT2D eigenvalue weighted by atomic mass is 9.81. The van der Waals surface area contributed by atoms with Crippen molar-refractivity contribution in [2.75, 3.05) is 6.54 Å². The second kappa shape index (κ2) is 6.93. The van der Waals surface area contributed by atoms with Gasteiger partial charge in [-0.3, -0.25) is 0 Å².